The first kappa shape index (κ1) is 13.5. The van der Waals surface area contributed by atoms with Gasteiger partial charge < -0.3 is 15.2 Å². The molecular weight excluding hydrogens is 226 g/mol. The molecule has 3 nitrogen and oxygen atoms in total. The van der Waals surface area contributed by atoms with Gasteiger partial charge in [-0.25, -0.2) is 0 Å². The van der Waals surface area contributed by atoms with Crippen molar-refractivity contribution in [2.45, 2.75) is 38.3 Å². The molecule has 3 heteroatoms. The van der Waals surface area contributed by atoms with Crippen LogP contribution in [0.5, 0.6) is 0 Å². The van der Waals surface area contributed by atoms with Gasteiger partial charge in [-0.1, -0.05) is 31.2 Å². The quantitative estimate of drug-likeness (QED) is 0.837. The third-order valence-corrected chi connectivity index (χ3v) is 3.91. The molecule has 0 bridgehead atoms. The molecule has 0 saturated carbocycles. The molecule has 1 fully saturated rings. The number of benzene rings is 1. The monoisotopic (exact) mass is 249 g/mol. The SMILES string of the molecule is CCc1ccccc1CNC1(CO)CCOCC1. The van der Waals surface area contributed by atoms with E-state index in [2.05, 4.69) is 36.5 Å². The maximum Gasteiger partial charge on any atom is 0.0615 e. The second kappa shape index (κ2) is 6.32. The number of aryl methyl sites for hydroxylation is 1. The Balaban J connectivity index is 2.01. The molecule has 1 saturated heterocycles. The molecule has 0 unspecified atom stereocenters. The maximum atomic E-state index is 9.63. The number of hydrogen-bond acceptors (Lipinski definition) is 3. The van der Waals surface area contributed by atoms with E-state index < -0.39 is 0 Å². The number of aliphatic hydroxyl groups excluding tert-OH is 1. The Morgan fingerprint density at radius 1 is 1.22 bits per heavy atom. The fourth-order valence-electron chi connectivity index (χ4n) is 2.51. The molecule has 0 aliphatic carbocycles. The zero-order chi connectivity index (χ0) is 12.8. The summed E-state index contributed by atoms with van der Waals surface area (Å²) in [6.07, 6.45) is 2.82. The highest BCUT2D eigenvalue weighted by molar-refractivity contribution is 5.27. The largest absolute Gasteiger partial charge is 0.394 e. The summed E-state index contributed by atoms with van der Waals surface area (Å²) in [5.74, 6) is 0. The molecule has 0 amide bonds. The molecular formula is C15H23NO2. The molecule has 0 atom stereocenters. The molecule has 1 aromatic carbocycles. The van der Waals surface area contributed by atoms with Crippen LogP contribution in [-0.2, 0) is 17.7 Å². The van der Waals surface area contributed by atoms with Gasteiger partial charge in [0, 0.05) is 25.3 Å². The van der Waals surface area contributed by atoms with Gasteiger partial charge in [0.1, 0.15) is 0 Å². The molecule has 1 aromatic rings. The van der Waals surface area contributed by atoms with Crippen LogP contribution in [0.15, 0.2) is 24.3 Å². The van der Waals surface area contributed by atoms with Crippen LogP contribution in [0, 0.1) is 0 Å². The Hall–Kier alpha value is -0.900. The van der Waals surface area contributed by atoms with Crippen LogP contribution in [0.4, 0.5) is 0 Å². The topological polar surface area (TPSA) is 41.5 Å². The summed E-state index contributed by atoms with van der Waals surface area (Å²) in [5.41, 5.74) is 2.56. The number of rotatable bonds is 5. The molecule has 1 aliphatic rings. The molecule has 0 radical (unpaired) electrons. The van der Waals surface area contributed by atoms with Crippen molar-refractivity contribution in [3.63, 3.8) is 0 Å². The standard InChI is InChI=1S/C15H23NO2/c1-2-13-5-3-4-6-14(13)11-16-15(12-17)7-9-18-10-8-15/h3-6,16-17H,2,7-12H2,1H3. The Kier molecular flexibility index (Phi) is 4.75. The van der Waals surface area contributed by atoms with E-state index in [4.69, 9.17) is 4.74 Å². The van der Waals surface area contributed by atoms with Gasteiger partial charge in [0.25, 0.3) is 0 Å². The van der Waals surface area contributed by atoms with Crippen molar-refractivity contribution in [3.8, 4) is 0 Å². The van der Waals surface area contributed by atoms with Gasteiger partial charge in [0.2, 0.25) is 0 Å². The van der Waals surface area contributed by atoms with Crippen LogP contribution in [0.25, 0.3) is 0 Å². The Morgan fingerprint density at radius 3 is 2.50 bits per heavy atom. The van der Waals surface area contributed by atoms with Gasteiger partial charge in [-0.3, -0.25) is 0 Å². The number of ether oxygens (including phenoxy) is 1. The van der Waals surface area contributed by atoms with Crippen molar-refractivity contribution in [1.82, 2.24) is 5.32 Å². The lowest BCUT2D eigenvalue weighted by atomic mass is 9.90. The van der Waals surface area contributed by atoms with Crippen LogP contribution >= 0.6 is 0 Å². The molecule has 0 aromatic heterocycles. The maximum absolute atomic E-state index is 9.63. The van der Waals surface area contributed by atoms with E-state index in [1.54, 1.807) is 0 Å². The van der Waals surface area contributed by atoms with Crippen molar-refractivity contribution >= 4 is 0 Å². The summed E-state index contributed by atoms with van der Waals surface area (Å²) in [7, 11) is 0. The first-order valence-electron chi connectivity index (χ1n) is 6.80. The summed E-state index contributed by atoms with van der Waals surface area (Å²) in [6, 6.07) is 8.49. The summed E-state index contributed by atoms with van der Waals surface area (Å²) in [5, 5.41) is 13.2. The fourth-order valence-corrected chi connectivity index (χ4v) is 2.51. The summed E-state index contributed by atoms with van der Waals surface area (Å²) >= 11 is 0. The Bertz CT molecular complexity index is 373. The van der Waals surface area contributed by atoms with Gasteiger partial charge >= 0.3 is 0 Å². The Morgan fingerprint density at radius 2 is 1.89 bits per heavy atom. The summed E-state index contributed by atoms with van der Waals surface area (Å²) in [4.78, 5) is 0. The van der Waals surface area contributed by atoms with Gasteiger partial charge in [-0.05, 0) is 30.4 Å². The first-order valence-corrected chi connectivity index (χ1v) is 6.80. The van der Waals surface area contributed by atoms with Gasteiger partial charge in [0.15, 0.2) is 0 Å². The van der Waals surface area contributed by atoms with E-state index in [-0.39, 0.29) is 12.1 Å². The normalized spacial score (nSPS) is 18.8. The van der Waals surface area contributed by atoms with E-state index >= 15 is 0 Å². The lowest BCUT2D eigenvalue weighted by Crippen LogP contribution is -2.51. The smallest absolute Gasteiger partial charge is 0.0615 e. The minimum atomic E-state index is -0.154. The van der Waals surface area contributed by atoms with Crippen LogP contribution in [0.3, 0.4) is 0 Å². The fraction of sp³-hybridized carbons (Fsp3) is 0.600. The van der Waals surface area contributed by atoms with Crippen LogP contribution in [0.1, 0.15) is 30.9 Å². The minimum Gasteiger partial charge on any atom is -0.394 e. The number of hydrogen-bond donors (Lipinski definition) is 2. The molecule has 100 valence electrons. The van der Waals surface area contributed by atoms with Gasteiger partial charge in [-0.2, -0.15) is 0 Å². The number of nitrogens with one attached hydrogen (secondary N) is 1. The molecule has 1 heterocycles. The molecule has 18 heavy (non-hydrogen) atoms. The van der Waals surface area contributed by atoms with E-state index in [0.29, 0.717) is 0 Å². The third kappa shape index (κ3) is 3.10. The van der Waals surface area contributed by atoms with Crippen molar-refractivity contribution < 1.29 is 9.84 Å². The summed E-state index contributed by atoms with van der Waals surface area (Å²) < 4.78 is 5.37. The highest BCUT2D eigenvalue weighted by atomic mass is 16.5. The van der Waals surface area contributed by atoms with Gasteiger partial charge in [-0.15, -0.1) is 0 Å². The second-order valence-electron chi connectivity index (χ2n) is 5.03. The predicted octanol–water partition coefficient (Wildman–Crippen LogP) is 1.88. The van der Waals surface area contributed by atoms with Crippen LogP contribution in [0.2, 0.25) is 0 Å². The Labute approximate surface area is 109 Å². The lowest BCUT2D eigenvalue weighted by Gasteiger charge is -2.36. The highest BCUT2D eigenvalue weighted by Gasteiger charge is 2.31. The van der Waals surface area contributed by atoms with E-state index in [9.17, 15) is 5.11 Å². The third-order valence-electron chi connectivity index (χ3n) is 3.91. The highest BCUT2D eigenvalue weighted by Crippen LogP contribution is 2.21. The lowest BCUT2D eigenvalue weighted by molar-refractivity contribution is 0.0111. The van der Waals surface area contributed by atoms with E-state index in [0.717, 1.165) is 39.0 Å². The van der Waals surface area contributed by atoms with Crippen LogP contribution in [-0.4, -0.2) is 30.5 Å². The van der Waals surface area contributed by atoms with Crippen LogP contribution < -0.4 is 5.32 Å². The van der Waals surface area contributed by atoms with Crippen molar-refractivity contribution in [3.05, 3.63) is 35.4 Å². The van der Waals surface area contributed by atoms with Crippen molar-refractivity contribution in [2.75, 3.05) is 19.8 Å². The van der Waals surface area contributed by atoms with E-state index in [1.807, 2.05) is 0 Å². The van der Waals surface area contributed by atoms with Crippen molar-refractivity contribution in [1.29, 1.82) is 0 Å². The number of aliphatic hydroxyl groups is 1. The molecule has 0 spiro atoms. The molecule has 2 rings (SSSR count). The van der Waals surface area contributed by atoms with Gasteiger partial charge in [0.05, 0.1) is 6.61 Å². The molecule has 1 aliphatic heterocycles. The first-order chi connectivity index (χ1) is 8.79. The summed E-state index contributed by atoms with van der Waals surface area (Å²) in [6.45, 7) is 4.66. The van der Waals surface area contributed by atoms with E-state index in [1.165, 1.54) is 11.1 Å². The zero-order valence-corrected chi connectivity index (χ0v) is 11.1. The predicted molar refractivity (Wildman–Crippen MR) is 72.5 cm³/mol. The zero-order valence-electron chi connectivity index (χ0n) is 11.1. The average Bonchev–Trinajstić information content (AvgIpc) is 2.46. The minimum absolute atomic E-state index is 0.154. The second-order valence-corrected chi connectivity index (χ2v) is 5.03. The molecule has 2 N–H and O–H groups in total. The average molecular weight is 249 g/mol. The van der Waals surface area contributed by atoms with Crippen molar-refractivity contribution in [2.24, 2.45) is 0 Å².